The maximum absolute atomic E-state index is 11.4. The van der Waals surface area contributed by atoms with E-state index in [1.54, 1.807) is 0 Å². The van der Waals surface area contributed by atoms with Crippen molar-refractivity contribution in [2.24, 2.45) is 17.8 Å². The first-order valence-electron chi connectivity index (χ1n) is 6.99. The van der Waals surface area contributed by atoms with E-state index in [0.717, 1.165) is 25.5 Å². The number of carbonyl (C=O) groups is 1. The Morgan fingerprint density at radius 1 is 1.18 bits per heavy atom. The van der Waals surface area contributed by atoms with Crippen molar-refractivity contribution in [2.75, 3.05) is 13.2 Å². The third-order valence-electron chi connectivity index (χ3n) is 3.83. The second kappa shape index (κ2) is 5.49. The van der Waals surface area contributed by atoms with Gasteiger partial charge in [-0.3, -0.25) is 0 Å². The van der Waals surface area contributed by atoms with E-state index in [1.165, 1.54) is 12.8 Å². The standard InChI is InChI=1S/C14H24O3/c1-3-16-14(17-4-2,9-11-5-6-11)13(10-15)12-7-8-12/h10-13H,3-9H2,1-2H3. The van der Waals surface area contributed by atoms with Crippen molar-refractivity contribution in [2.45, 2.75) is 51.7 Å². The molecule has 0 bridgehead atoms. The highest BCUT2D eigenvalue weighted by Crippen LogP contribution is 2.48. The van der Waals surface area contributed by atoms with Crippen molar-refractivity contribution >= 4 is 6.29 Å². The molecule has 0 aliphatic heterocycles. The summed E-state index contributed by atoms with van der Waals surface area (Å²) in [5, 5.41) is 0. The van der Waals surface area contributed by atoms with Crippen molar-refractivity contribution in [3.63, 3.8) is 0 Å². The highest BCUT2D eigenvalue weighted by molar-refractivity contribution is 5.56. The van der Waals surface area contributed by atoms with Crippen LogP contribution in [0.1, 0.15) is 46.0 Å². The molecule has 2 saturated carbocycles. The number of hydrogen-bond acceptors (Lipinski definition) is 3. The lowest BCUT2D eigenvalue weighted by atomic mass is 9.90. The molecule has 3 nitrogen and oxygen atoms in total. The number of carbonyl (C=O) groups excluding carboxylic acids is 1. The van der Waals surface area contributed by atoms with E-state index in [1.807, 2.05) is 13.8 Å². The average Bonchev–Trinajstić information content (AvgIpc) is 3.13. The lowest BCUT2D eigenvalue weighted by Crippen LogP contribution is -2.46. The summed E-state index contributed by atoms with van der Waals surface area (Å²) in [7, 11) is 0. The number of rotatable bonds is 9. The van der Waals surface area contributed by atoms with Crippen LogP contribution in [0.3, 0.4) is 0 Å². The van der Waals surface area contributed by atoms with Gasteiger partial charge in [-0.05, 0) is 51.4 Å². The summed E-state index contributed by atoms with van der Waals surface area (Å²) in [6.45, 7) is 5.19. The van der Waals surface area contributed by atoms with E-state index in [2.05, 4.69) is 0 Å². The zero-order valence-electron chi connectivity index (χ0n) is 11.0. The van der Waals surface area contributed by atoms with Crippen LogP contribution in [0.15, 0.2) is 0 Å². The van der Waals surface area contributed by atoms with Crippen LogP contribution in [0.5, 0.6) is 0 Å². The van der Waals surface area contributed by atoms with Gasteiger partial charge in [0.25, 0.3) is 0 Å². The van der Waals surface area contributed by atoms with Crippen molar-refractivity contribution in [1.29, 1.82) is 0 Å². The Morgan fingerprint density at radius 3 is 2.12 bits per heavy atom. The molecule has 2 rings (SSSR count). The highest BCUT2D eigenvalue weighted by Gasteiger charge is 2.50. The lowest BCUT2D eigenvalue weighted by Gasteiger charge is -2.38. The van der Waals surface area contributed by atoms with Gasteiger partial charge in [0.15, 0.2) is 5.79 Å². The monoisotopic (exact) mass is 240 g/mol. The molecule has 0 N–H and O–H groups in total. The average molecular weight is 240 g/mol. The van der Waals surface area contributed by atoms with Crippen LogP contribution in [0, 0.1) is 17.8 Å². The van der Waals surface area contributed by atoms with Gasteiger partial charge in [0.1, 0.15) is 6.29 Å². The molecule has 1 unspecified atom stereocenters. The Labute approximate surface area is 104 Å². The summed E-state index contributed by atoms with van der Waals surface area (Å²) in [5.74, 6) is 0.495. The van der Waals surface area contributed by atoms with Gasteiger partial charge >= 0.3 is 0 Å². The second-order valence-electron chi connectivity index (χ2n) is 5.32. The molecule has 2 aliphatic carbocycles. The predicted octanol–water partition coefficient (Wildman–Crippen LogP) is 2.78. The summed E-state index contributed by atoms with van der Waals surface area (Å²) >= 11 is 0. The van der Waals surface area contributed by atoms with Crippen LogP contribution in [0.4, 0.5) is 0 Å². The van der Waals surface area contributed by atoms with Crippen LogP contribution in [0.25, 0.3) is 0 Å². The second-order valence-corrected chi connectivity index (χ2v) is 5.32. The Balaban J connectivity index is 2.12. The van der Waals surface area contributed by atoms with Gasteiger partial charge in [0, 0.05) is 19.6 Å². The molecule has 0 aromatic carbocycles. The third-order valence-corrected chi connectivity index (χ3v) is 3.83. The smallest absolute Gasteiger partial charge is 0.178 e. The molecule has 0 amide bonds. The molecular formula is C14H24O3. The first-order valence-corrected chi connectivity index (χ1v) is 6.99. The molecule has 2 aliphatic rings. The maximum atomic E-state index is 11.4. The van der Waals surface area contributed by atoms with Crippen molar-refractivity contribution in [1.82, 2.24) is 0 Å². The minimum atomic E-state index is -0.631. The highest BCUT2D eigenvalue weighted by atomic mass is 16.7. The molecular weight excluding hydrogens is 216 g/mol. The molecule has 0 radical (unpaired) electrons. The van der Waals surface area contributed by atoms with Crippen molar-refractivity contribution in [3.05, 3.63) is 0 Å². The molecule has 0 heterocycles. The molecule has 1 atom stereocenters. The zero-order chi connectivity index (χ0) is 12.3. The van der Waals surface area contributed by atoms with Crippen molar-refractivity contribution in [3.8, 4) is 0 Å². The Kier molecular flexibility index (Phi) is 4.21. The fourth-order valence-corrected chi connectivity index (χ4v) is 2.73. The number of aldehydes is 1. The molecule has 2 fully saturated rings. The van der Waals surface area contributed by atoms with Gasteiger partial charge in [-0.2, -0.15) is 0 Å². The van der Waals surface area contributed by atoms with Gasteiger partial charge < -0.3 is 14.3 Å². The third kappa shape index (κ3) is 3.08. The normalized spacial score (nSPS) is 22.5. The van der Waals surface area contributed by atoms with E-state index in [9.17, 15) is 4.79 Å². The van der Waals surface area contributed by atoms with Gasteiger partial charge in [-0.1, -0.05) is 0 Å². The van der Waals surface area contributed by atoms with Crippen LogP contribution < -0.4 is 0 Å². The van der Waals surface area contributed by atoms with Crippen LogP contribution >= 0.6 is 0 Å². The molecule has 0 spiro atoms. The van der Waals surface area contributed by atoms with E-state index >= 15 is 0 Å². The minimum absolute atomic E-state index is 0.0667. The van der Waals surface area contributed by atoms with Crippen molar-refractivity contribution < 1.29 is 14.3 Å². The van der Waals surface area contributed by atoms with Gasteiger partial charge in [-0.25, -0.2) is 0 Å². The van der Waals surface area contributed by atoms with E-state index in [-0.39, 0.29) is 5.92 Å². The zero-order valence-corrected chi connectivity index (χ0v) is 11.0. The van der Waals surface area contributed by atoms with E-state index in [4.69, 9.17) is 9.47 Å². The van der Waals surface area contributed by atoms with Gasteiger partial charge in [0.2, 0.25) is 0 Å². The summed E-state index contributed by atoms with van der Waals surface area (Å²) in [5.41, 5.74) is 0. The summed E-state index contributed by atoms with van der Waals surface area (Å²) in [4.78, 5) is 11.4. The maximum Gasteiger partial charge on any atom is 0.178 e. The predicted molar refractivity (Wildman–Crippen MR) is 65.6 cm³/mol. The summed E-state index contributed by atoms with van der Waals surface area (Å²) in [6, 6.07) is 0. The van der Waals surface area contributed by atoms with Gasteiger partial charge in [0.05, 0.1) is 5.92 Å². The van der Waals surface area contributed by atoms with Gasteiger partial charge in [-0.15, -0.1) is 0 Å². The van der Waals surface area contributed by atoms with Crippen LogP contribution in [-0.2, 0) is 14.3 Å². The topological polar surface area (TPSA) is 35.5 Å². The van der Waals surface area contributed by atoms with Crippen LogP contribution in [0.2, 0.25) is 0 Å². The summed E-state index contributed by atoms with van der Waals surface area (Å²) < 4.78 is 11.8. The fourth-order valence-electron chi connectivity index (χ4n) is 2.73. The molecule has 0 aromatic rings. The van der Waals surface area contributed by atoms with E-state index in [0.29, 0.717) is 25.0 Å². The largest absolute Gasteiger partial charge is 0.349 e. The first kappa shape index (κ1) is 13.0. The molecule has 0 saturated heterocycles. The number of hydrogen-bond donors (Lipinski definition) is 0. The first-order chi connectivity index (χ1) is 8.25. The molecule has 17 heavy (non-hydrogen) atoms. The molecule has 98 valence electrons. The summed E-state index contributed by atoms with van der Waals surface area (Å²) in [6.07, 6.45) is 6.79. The SMILES string of the molecule is CCOC(CC1CC1)(OCC)C(C=O)C1CC1. The minimum Gasteiger partial charge on any atom is -0.349 e. The quantitative estimate of drug-likeness (QED) is 0.459. The Bertz CT molecular complexity index is 250. The Morgan fingerprint density at radius 2 is 1.76 bits per heavy atom. The van der Waals surface area contributed by atoms with E-state index < -0.39 is 5.79 Å². The molecule has 3 heteroatoms. The van der Waals surface area contributed by atoms with Crippen LogP contribution in [-0.4, -0.2) is 25.3 Å². The lowest BCUT2D eigenvalue weighted by molar-refractivity contribution is -0.265. The fraction of sp³-hybridized carbons (Fsp3) is 0.929. The molecule has 0 aromatic heterocycles. The Hall–Kier alpha value is -0.410. The number of ether oxygens (including phenoxy) is 2.